The van der Waals surface area contributed by atoms with Crippen LogP contribution in [0.15, 0.2) is 63.0 Å². The molecule has 0 spiro atoms. The van der Waals surface area contributed by atoms with Crippen molar-refractivity contribution in [3.8, 4) is 0 Å². The molecule has 0 rings (SSSR count). The normalized spacial score (nSPS) is 3.73. The fraction of sp³-hybridized carbons (Fsp3) is 0. The summed E-state index contributed by atoms with van der Waals surface area (Å²) >= 11 is 8.68. The molecular formula is C13S2. The van der Waals surface area contributed by atoms with Gasteiger partial charge in [-0.1, -0.05) is 0 Å². The summed E-state index contributed by atoms with van der Waals surface area (Å²) in [6, 6.07) is 0. The van der Waals surface area contributed by atoms with E-state index >= 15 is 0 Å². The van der Waals surface area contributed by atoms with Crippen molar-refractivity contribution in [1.29, 1.82) is 0 Å². The van der Waals surface area contributed by atoms with E-state index in [1.807, 2.05) is 0 Å². The van der Waals surface area contributed by atoms with Gasteiger partial charge in [-0.05, 0) is 24.4 Å². The monoisotopic (exact) mass is 220 g/mol. The van der Waals surface area contributed by atoms with Gasteiger partial charge >= 0.3 is 0 Å². The molecule has 0 unspecified atom stereocenters. The highest BCUT2D eigenvalue weighted by atomic mass is 32.1. The first-order valence-corrected chi connectivity index (χ1v) is 4.22. The molecule has 0 radical (unpaired) electrons. The van der Waals surface area contributed by atoms with E-state index in [0.29, 0.717) is 0 Å². The Morgan fingerprint density at radius 3 is 0.733 bits per heavy atom. The Bertz CT molecular complexity index is 640. The summed E-state index contributed by atoms with van der Waals surface area (Å²) in [7, 11) is 0. The summed E-state index contributed by atoms with van der Waals surface area (Å²) in [5, 5.41) is 4.40. The van der Waals surface area contributed by atoms with Gasteiger partial charge in [-0.15, -0.1) is 0 Å². The summed E-state index contributed by atoms with van der Waals surface area (Å²) in [4.78, 5) is 0. The number of rotatable bonds is 0. The molecule has 0 aromatic rings. The summed E-state index contributed by atoms with van der Waals surface area (Å²) < 4.78 is 0. The van der Waals surface area contributed by atoms with Crippen LogP contribution >= 0.6 is 24.4 Å². The molecule has 0 aliphatic carbocycles. The standard InChI is InChI=1S/C13S2/c14-12-10-8-6-4-2-1-3-5-7-9-11-13-15. The molecule has 0 bridgehead atoms. The van der Waals surface area contributed by atoms with Gasteiger partial charge in [-0.2, -0.15) is 0 Å². The summed E-state index contributed by atoms with van der Waals surface area (Å²) in [5.74, 6) is 0. The van der Waals surface area contributed by atoms with Gasteiger partial charge in [-0.25, -0.2) is 0 Å². The van der Waals surface area contributed by atoms with Gasteiger partial charge < -0.3 is 0 Å². The fourth-order valence-corrected chi connectivity index (χ4v) is 0.434. The second kappa shape index (κ2) is 11.6. The molecule has 0 atom stereocenters. The number of thiocarbonyl (C=S) groups is 2. The van der Waals surface area contributed by atoms with Crippen LogP contribution in [0.25, 0.3) is 0 Å². The maximum absolute atomic E-state index is 4.34. The first-order chi connectivity index (χ1) is 7.41. The molecule has 0 aliphatic rings. The quantitative estimate of drug-likeness (QED) is 0.454. The molecule has 2 heteroatoms. The van der Waals surface area contributed by atoms with E-state index in [4.69, 9.17) is 0 Å². The Morgan fingerprint density at radius 2 is 0.533 bits per heavy atom. The highest BCUT2D eigenvalue weighted by molar-refractivity contribution is 7.78. The molecule has 0 heterocycles. The molecule has 0 N–H and O–H groups in total. The first-order valence-electron chi connectivity index (χ1n) is 3.41. The lowest BCUT2D eigenvalue weighted by Gasteiger charge is -1.39. The lowest BCUT2D eigenvalue weighted by molar-refractivity contribution is 2.14. The summed E-state index contributed by atoms with van der Waals surface area (Å²) in [5.41, 5.74) is 26.8. The molecule has 0 nitrogen and oxygen atoms in total. The molecule has 0 saturated carbocycles. The third-order valence-electron chi connectivity index (χ3n) is 0.727. The third-order valence-corrected chi connectivity index (χ3v) is 0.931. The van der Waals surface area contributed by atoms with Crippen LogP contribution in [0, 0.1) is 0 Å². The molecule has 64 valence electrons. The van der Waals surface area contributed by atoms with Crippen molar-refractivity contribution < 1.29 is 0 Å². The average Bonchev–Trinajstić information content (AvgIpc) is 2.26. The zero-order valence-electron chi connectivity index (χ0n) is 7.32. The Morgan fingerprint density at radius 1 is 0.333 bits per heavy atom. The maximum Gasteiger partial charge on any atom is 0.0148 e. The van der Waals surface area contributed by atoms with Gasteiger partial charge in [0, 0.05) is 73.1 Å². The minimum Gasteiger partial charge on any atom is -0.0176 e. The molecular weight excluding hydrogens is 220 g/mol. The van der Waals surface area contributed by atoms with E-state index in [-0.39, 0.29) is 0 Å². The molecule has 0 aliphatic heterocycles. The van der Waals surface area contributed by atoms with E-state index in [9.17, 15) is 0 Å². The lowest BCUT2D eigenvalue weighted by atomic mass is 10.6. The predicted molar refractivity (Wildman–Crippen MR) is 63.8 cm³/mol. The SMILES string of the molecule is S=C=C=C=C=C=C=C=C=C=C=C=C=C=S. The number of hydrogen-bond acceptors (Lipinski definition) is 2. The van der Waals surface area contributed by atoms with Crippen LogP contribution in [0.1, 0.15) is 0 Å². The van der Waals surface area contributed by atoms with Crippen molar-refractivity contribution in [2.24, 2.45) is 0 Å². The molecule has 0 fully saturated rings. The second-order valence-electron chi connectivity index (χ2n) is 1.58. The molecule has 15 heavy (non-hydrogen) atoms. The fourth-order valence-electron chi connectivity index (χ4n) is 0.332. The van der Waals surface area contributed by atoms with E-state index in [1.54, 1.807) is 0 Å². The highest BCUT2D eigenvalue weighted by Gasteiger charge is 1.40. The van der Waals surface area contributed by atoms with Crippen LogP contribution in [0.3, 0.4) is 0 Å². The zero-order valence-corrected chi connectivity index (χ0v) is 8.95. The van der Waals surface area contributed by atoms with E-state index < -0.39 is 0 Å². The Balaban J connectivity index is 5.62. The van der Waals surface area contributed by atoms with Crippen molar-refractivity contribution in [3.05, 3.63) is 63.0 Å². The second-order valence-corrected chi connectivity index (χ2v) is 1.99. The number of hydrogen-bond donors (Lipinski definition) is 0. The minimum absolute atomic E-state index is 2.20. The summed E-state index contributed by atoms with van der Waals surface area (Å²) in [6.07, 6.45) is 0. The molecule has 0 aromatic heterocycles. The van der Waals surface area contributed by atoms with Crippen LogP contribution in [0.4, 0.5) is 0 Å². The summed E-state index contributed by atoms with van der Waals surface area (Å²) in [6.45, 7) is 0. The smallest absolute Gasteiger partial charge is 0.0148 e. The van der Waals surface area contributed by atoms with Crippen molar-refractivity contribution in [3.63, 3.8) is 0 Å². The Hall–Kier alpha value is -2.42. The van der Waals surface area contributed by atoms with Gasteiger partial charge in [0.25, 0.3) is 0 Å². The topological polar surface area (TPSA) is 0 Å². The van der Waals surface area contributed by atoms with E-state index in [0.717, 1.165) is 0 Å². The van der Waals surface area contributed by atoms with E-state index in [2.05, 4.69) is 97.5 Å². The molecule has 0 saturated heterocycles. The van der Waals surface area contributed by atoms with Crippen molar-refractivity contribution in [2.45, 2.75) is 0 Å². The highest BCUT2D eigenvalue weighted by Crippen LogP contribution is 1.55. The van der Waals surface area contributed by atoms with Crippen LogP contribution < -0.4 is 0 Å². The first kappa shape index (κ1) is 12.6. The van der Waals surface area contributed by atoms with Gasteiger partial charge in [0.1, 0.15) is 0 Å². The van der Waals surface area contributed by atoms with Crippen LogP contribution in [0.2, 0.25) is 0 Å². The van der Waals surface area contributed by atoms with E-state index in [1.165, 1.54) is 0 Å². The average molecular weight is 220 g/mol. The Kier molecular flexibility index (Phi) is 9.71. The zero-order chi connectivity index (χ0) is 11.2. The molecule has 0 aromatic carbocycles. The third kappa shape index (κ3) is 11.6. The lowest BCUT2D eigenvalue weighted by Crippen LogP contribution is -1.26. The maximum atomic E-state index is 4.34. The molecule has 0 amide bonds. The van der Waals surface area contributed by atoms with Gasteiger partial charge in [0.05, 0.1) is 0 Å². The van der Waals surface area contributed by atoms with Gasteiger partial charge in [0.2, 0.25) is 0 Å². The van der Waals surface area contributed by atoms with Crippen LogP contribution in [-0.2, 0) is 0 Å². The van der Waals surface area contributed by atoms with Gasteiger partial charge in [-0.3, -0.25) is 0 Å². The van der Waals surface area contributed by atoms with Crippen molar-refractivity contribution in [2.75, 3.05) is 0 Å². The van der Waals surface area contributed by atoms with Crippen molar-refractivity contribution >= 4 is 34.5 Å². The van der Waals surface area contributed by atoms with Crippen molar-refractivity contribution in [1.82, 2.24) is 0 Å². The Labute approximate surface area is 97.6 Å². The van der Waals surface area contributed by atoms with Crippen LogP contribution in [0.5, 0.6) is 0 Å². The van der Waals surface area contributed by atoms with Crippen LogP contribution in [-0.4, -0.2) is 10.0 Å². The van der Waals surface area contributed by atoms with Gasteiger partial charge in [0.15, 0.2) is 0 Å². The predicted octanol–water partition coefficient (Wildman–Crippen LogP) is 2.45. The minimum atomic E-state index is 2.20. The largest absolute Gasteiger partial charge is 0.0176 e.